The first kappa shape index (κ1) is 34.0. The molecule has 4 rings (SSSR count). The van der Waals surface area contributed by atoms with Gasteiger partial charge in [0.1, 0.15) is 5.60 Å². The molecule has 1 aromatic heterocycles. The Morgan fingerprint density at radius 2 is 1.76 bits per heavy atom. The van der Waals surface area contributed by atoms with Crippen LogP contribution in [0.3, 0.4) is 0 Å². The lowest BCUT2D eigenvalue weighted by Crippen LogP contribution is -2.47. The molecule has 1 amide bonds. The van der Waals surface area contributed by atoms with Crippen molar-refractivity contribution in [3.8, 4) is 16.9 Å². The first-order valence-corrected chi connectivity index (χ1v) is 15.3. The van der Waals surface area contributed by atoms with Crippen molar-refractivity contribution in [2.45, 2.75) is 63.3 Å². The maximum absolute atomic E-state index is 13.5. The largest absolute Gasteiger partial charge is 0.569 e. The van der Waals surface area contributed by atoms with Crippen LogP contribution in [0.2, 0.25) is 0 Å². The van der Waals surface area contributed by atoms with Gasteiger partial charge in [0, 0.05) is 5.56 Å². The van der Waals surface area contributed by atoms with Crippen LogP contribution in [0, 0.1) is 12.1 Å². The highest BCUT2D eigenvalue weighted by molar-refractivity contribution is 7.90. The normalized spacial score (nSPS) is 15.8. The quantitative estimate of drug-likeness (QED) is 0.0831. The zero-order chi connectivity index (χ0) is 33.9. The van der Waals surface area contributed by atoms with E-state index in [2.05, 4.69) is 20.0 Å². The fraction of sp³-hybridized carbons (Fsp3) is 0.393. The number of rotatable bonds is 9. The van der Waals surface area contributed by atoms with Crippen LogP contribution in [-0.2, 0) is 35.3 Å². The van der Waals surface area contributed by atoms with Crippen LogP contribution in [-0.4, -0.2) is 65.2 Å². The van der Waals surface area contributed by atoms with Crippen LogP contribution in [0.1, 0.15) is 44.9 Å². The van der Waals surface area contributed by atoms with Crippen molar-refractivity contribution < 1.29 is 50.5 Å². The number of sulfonamides is 1. The van der Waals surface area contributed by atoms with Gasteiger partial charge in [-0.1, -0.05) is 29.8 Å². The average molecular weight is 669 g/mol. The number of benzene rings is 2. The highest BCUT2D eigenvalue weighted by Crippen LogP contribution is 2.33. The van der Waals surface area contributed by atoms with E-state index in [1.54, 1.807) is 45.0 Å². The Hall–Kier alpha value is -4.87. The summed E-state index contributed by atoms with van der Waals surface area (Å²) >= 11 is 0. The number of ether oxygens (including phenoxy) is 2. The van der Waals surface area contributed by atoms with Crippen LogP contribution < -0.4 is 4.72 Å². The van der Waals surface area contributed by atoms with Gasteiger partial charge in [-0.3, -0.25) is 4.79 Å². The summed E-state index contributed by atoms with van der Waals surface area (Å²) < 4.78 is 79.1. The standard InChI is InChI=1S/C28H31F3N6O8S/c1-18-7-9-19(10-8-18)23-16-24(28(29,30)31)32-36(23)20-11-13-21(14-12-20)46(41,42)33-25(38)22-6-5-15-35(22)37(40)34-44-17-43-26(39)45-27(2,3)4/h7-14,16,22H,5-6,15,17H2,1-4H3,(H,33,38)/t22-/m0/s1. The van der Waals surface area contributed by atoms with E-state index in [0.717, 1.165) is 33.5 Å². The Bertz CT molecular complexity index is 1700. The van der Waals surface area contributed by atoms with Crippen molar-refractivity contribution in [2.75, 3.05) is 13.3 Å². The zero-order valence-corrected chi connectivity index (χ0v) is 26.0. The van der Waals surface area contributed by atoms with Gasteiger partial charge >= 0.3 is 12.3 Å². The molecule has 1 fully saturated rings. The summed E-state index contributed by atoms with van der Waals surface area (Å²) in [6.07, 6.45) is -5.31. The fourth-order valence-corrected chi connectivity index (χ4v) is 5.38. The van der Waals surface area contributed by atoms with Gasteiger partial charge in [0.05, 0.1) is 27.8 Å². The predicted octanol–water partition coefficient (Wildman–Crippen LogP) is 4.85. The summed E-state index contributed by atoms with van der Waals surface area (Å²) in [4.78, 5) is 28.7. The third kappa shape index (κ3) is 8.43. The summed E-state index contributed by atoms with van der Waals surface area (Å²) in [5, 5.41) is 20.3. The third-order valence-electron chi connectivity index (χ3n) is 6.47. The Morgan fingerprint density at radius 3 is 2.37 bits per heavy atom. The van der Waals surface area contributed by atoms with Crippen molar-refractivity contribution in [2.24, 2.45) is 5.28 Å². The minimum absolute atomic E-state index is 0.0449. The second-order valence-corrected chi connectivity index (χ2v) is 12.8. The van der Waals surface area contributed by atoms with Gasteiger partial charge in [-0.15, -0.1) is 5.01 Å². The number of carbonyl (C=O) groups excluding carboxylic acids is 2. The van der Waals surface area contributed by atoms with Gasteiger partial charge in [0.2, 0.25) is 5.28 Å². The molecule has 14 nitrogen and oxygen atoms in total. The molecule has 0 bridgehead atoms. The summed E-state index contributed by atoms with van der Waals surface area (Å²) in [6.45, 7) is 5.97. The lowest BCUT2D eigenvalue weighted by atomic mass is 10.1. The molecule has 46 heavy (non-hydrogen) atoms. The molecule has 1 saturated heterocycles. The number of nitrogens with one attached hydrogen (secondary N) is 1. The molecule has 0 aliphatic carbocycles. The lowest BCUT2D eigenvalue weighted by Gasteiger charge is -2.19. The molecule has 248 valence electrons. The number of aryl methyl sites for hydroxylation is 1. The first-order valence-electron chi connectivity index (χ1n) is 13.8. The molecule has 0 saturated carbocycles. The molecule has 0 radical (unpaired) electrons. The summed E-state index contributed by atoms with van der Waals surface area (Å²) in [5.41, 5.74) is -0.322. The number of amides is 1. The number of aromatic nitrogens is 2. The molecule has 0 unspecified atom stereocenters. The Labute approximate surface area is 261 Å². The zero-order valence-electron chi connectivity index (χ0n) is 25.1. The van der Waals surface area contributed by atoms with E-state index in [1.165, 1.54) is 12.1 Å². The number of hydrogen-bond acceptors (Lipinski definition) is 10. The maximum atomic E-state index is 13.5. The van der Waals surface area contributed by atoms with E-state index in [-0.39, 0.29) is 34.2 Å². The number of halogens is 3. The van der Waals surface area contributed by atoms with Crippen molar-refractivity contribution in [1.82, 2.24) is 19.5 Å². The van der Waals surface area contributed by atoms with Gasteiger partial charge < -0.3 is 19.5 Å². The van der Waals surface area contributed by atoms with Gasteiger partial charge in [0.15, 0.2) is 11.7 Å². The van der Waals surface area contributed by atoms with Gasteiger partial charge in [-0.25, -0.2) is 22.6 Å². The number of hydrazine groups is 1. The Balaban J connectivity index is 1.45. The smallest absolute Gasteiger partial charge is 0.511 e. The molecule has 1 aliphatic heterocycles. The molecular weight excluding hydrogens is 637 g/mol. The van der Waals surface area contributed by atoms with E-state index in [1.807, 2.05) is 11.6 Å². The minimum atomic E-state index is -4.72. The molecule has 2 aromatic carbocycles. The second kappa shape index (κ2) is 13.2. The average Bonchev–Trinajstić information content (AvgIpc) is 3.63. The summed E-state index contributed by atoms with van der Waals surface area (Å²) in [6, 6.07) is 11.1. The van der Waals surface area contributed by atoms with Crippen molar-refractivity contribution >= 4 is 22.1 Å². The van der Waals surface area contributed by atoms with Crippen LogP contribution in [0.15, 0.2) is 64.8 Å². The van der Waals surface area contributed by atoms with Gasteiger partial charge in [0.25, 0.3) is 22.7 Å². The number of alkyl halides is 3. The summed E-state index contributed by atoms with van der Waals surface area (Å²) in [5.74, 6) is -1.02. The van der Waals surface area contributed by atoms with Gasteiger partial charge in [-0.05, 0) is 70.9 Å². The molecule has 1 atom stereocenters. The van der Waals surface area contributed by atoms with E-state index in [9.17, 15) is 36.4 Å². The van der Waals surface area contributed by atoms with Crippen LogP contribution in [0.5, 0.6) is 0 Å². The molecule has 2 heterocycles. The third-order valence-corrected chi connectivity index (χ3v) is 7.83. The van der Waals surface area contributed by atoms with E-state index < -0.39 is 52.4 Å². The Morgan fingerprint density at radius 1 is 1.11 bits per heavy atom. The van der Waals surface area contributed by atoms with Crippen LogP contribution in [0.4, 0.5) is 18.0 Å². The first-order chi connectivity index (χ1) is 21.4. The van der Waals surface area contributed by atoms with Crippen LogP contribution in [0.25, 0.3) is 16.9 Å². The Kier molecular flexibility index (Phi) is 9.79. The monoisotopic (exact) mass is 668 g/mol. The van der Waals surface area contributed by atoms with E-state index >= 15 is 0 Å². The van der Waals surface area contributed by atoms with Crippen molar-refractivity contribution in [3.05, 3.63) is 71.1 Å². The number of hydrogen-bond donors (Lipinski definition) is 1. The van der Waals surface area contributed by atoms with Crippen LogP contribution >= 0.6 is 0 Å². The molecular formula is C28H31F3N6O8S. The highest BCUT2D eigenvalue weighted by Gasteiger charge is 2.39. The van der Waals surface area contributed by atoms with Crippen molar-refractivity contribution in [3.63, 3.8) is 0 Å². The number of carbonyl (C=O) groups is 2. The topological polar surface area (TPSA) is 167 Å². The van der Waals surface area contributed by atoms with E-state index in [4.69, 9.17) is 4.74 Å². The minimum Gasteiger partial charge on any atom is -0.569 e. The molecule has 3 aromatic rings. The SMILES string of the molecule is Cc1ccc(-c2cc(C(F)(F)F)nn2-c2ccc(S(=O)(=O)NC(=O)[C@@H]3CCCN3[N+]([O-])=NOCOC(=O)OC(C)(C)C)cc2)cc1. The van der Waals surface area contributed by atoms with Crippen molar-refractivity contribution in [1.29, 1.82) is 0 Å². The molecule has 18 heteroatoms. The number of nitrogens with zero attached hydrogens (tertiary/aromatic N) is 5. The predicted molar refractivity (Wildman–Crippen MR) is 153 cm³/mol. The van der Waals surface area contributed by atoms with Gasteiger partial charge in [-0.2, -0.15) is 18.3 Å². The summed E-state index contributed by atoms with van der Waals surface area (Å²) in [7, 11) is -4.47. The fourth-order valence-electron chi connectivity index (χ4n) is 4.37. The molecule has 1 N–H and O–H groups in total. The maximum Gasteiger partial charge on any atom is 0.511 e. The lowest BCUT2D eigenvalue weighted by molar-refractivity contribution is -0.712. The second-order valence-electron chi connectivity index (χ2n) is 11.2. The van der Waals surface area contributed by atoms with E-state index in [0.29, 0.717) is 12.0 Å². The highest BCUT2D eigenvalue weighted by atomic mass is 32.2. The molecule has 1 aliphatic rings. The molecule has 0 spiro atoms.